The third-order valence-electron chi connectivity index (χ3n) is 4.31. The lowest BCUT2D eigenvalue weighted by molar-refractivity contribution is -0.136. The molecule has 0 saturated heterocycles. The van der Waals surface area contributed by atoms with Crippen LogP contribution in [0.1, 0.15) is 46.1 Å². The summed E-state index contributed by atoms with van der Waals surface area (Å²) in [7, 11) is 0. The van der Waals surface area contributed by atoms with E-state index in [1.54, 1.807) is 13.0 Å². The molecule has 24 heavy (non-hydrogen) atoms. The molecule has 0 aliphatic heterocycles. The van der Waals surface area contributed by atoms with Crippen LogP contribution in [-0.4, -0.2) is 22.9 Å². The molecule has 2 rings (SSSR count). The number of hydrogen-bond donors (Lipinski definition) is 0. The molecule has 1 amide bonds. The summed E-state index contributed by atoms with van der Waals surface area (Å²) in [6.45, 7) is 9.72. The van der Waals surface area contributed by atoms with Gasteiger partial charge in [0.15, 0.2) is 0 Å². The first-order valence-electron chi connectivity index (χ1n) is 8.50. The van der Waals surface area contributed by atoms with Gasteiger partial charge in [0, 0.05) is 17.6 Å². The molecule has 128 valence electrons. The Morgan fingerprint density at radius 1 is 0.875 bits per heavy atom. The second kappa shape index (κ2) is 7.61. The minimum absolute atomic E-state index is 0.0358. The van der Waals surface area contributed by atoms with Crippen LogP contribution >= 0.6 is 0 Å². The van der Waals surface area contributed by atoms with Crippen molar-refractivity contribution in [2.75, 3.05) is 0 Å². The van der Waals surface area contributed by atoms with Gasteiger partial charge in [0.2, 0.25) is 5.91 Å². The lowest BCUT2D eigenvalue weighted by atomic mass is 9.95. The number of amides is 1. The van der Waals surface area contributed by atoms with Crippen LogP contribution in [0.25, 0.3) is 11.1 Å². The molecule has 0 heterocycles. The molecule has 0 unspecified atom stereocenters. The van der Waals surface area contributed by atoms with E-state index in [-0.39, 0.29) is 23.8 Å². The molecule has 1 atom stereocenters. The van der Waals surface area contributed by atoms with Crippen molar-refractivity contribution in [2.24, 2.45) is 0 Å². The van der Waals surface area contributed by atoms with Crippen molar-refractivity contribution in [1.82, 2.24) is 4.90 Å². The maximum atomic E-state index is 14.6. The van der Waals surface area contributed by atoms with Crippen molar-refractivity contribution in [3.63, 3.8) is 0 Å². The van der Waals surface area contributed by atoms with E-state index in [4.69, 9.17) is 0 Å². The number of nitrogens with zero attached hydrogens (tertiary/aromatic N) is 1. The summed E-state index contributed by atoms with van der Waals surface area (Å²) in [6, 6.07) is 15.0. The first-order chi connectivity index (χ1) is 11.3. The average Bonchev–Trinajstić information content (AvgIpc) is 2.54. The van der Waals surface area contributed by atoms with E-state index < -0.39 is 5.92 Å². The van der Waals surface area contributed by atoms with E-state index in [1.807, 2.05) is 69.0 Å². The Hall–Kier alpha value is -2.16. The van der Waals surface area contributed by atoms with E-state index in [0.29, 0.717) is 5.56 Å². The standard InChI is InChI=1S/C21H26FNO/c1-14(2)23(15(3)4)21(24)16(5)19-12-11-18(13-20(19)22)17-9-7-6-8-10-17/h6-16H,1-5H3/t16-/m1/s1. The fourth-order valence-corrected chi connectivity index (χ4v) is 3.15. The molecule has 0 spiro atoms. The first-order valence-corrected chi connectivity index (χ1v) is 8.50. The molecule has 2 aromatic carbocycles. The van der Waals surface area contributed by atoms with Gasteiger partial charge in [-0.1, -0.05) is 42.5 Å². The lowest BCUT2D eigenvalue weighted by Gasteiger charge is -2.33. The second-order valence-electron chi connectivity index (χ2n) is 6.76. The van der Waals surface area contributed by atoms with E-state index in [9.17, 15) is 9.18 Å². The van der Waals surface area contributed by atoms with Crippen molar-refractivity contribution < 1.29 is 9.18 Å². The zero-order chi connectivity index (χ0) is 17.9. The summed E-state index contributed by atoms with van der Waals surface area (Å²) in [4.78, 5) is 14.6. The van der Waals surface area contributed by atoms with Gasteiger partial charge >= 0.3 is 0 Å². The maximum absolute atomic E-state index is 14.6. The van der Waals surface area contributed by atoms with Crippen LogP contribution in [0.15, 0.2) is 48.5 Å². The predicted molar refractivity (Wildman–Crippen MR) is 97.4 cm³/mol. The topological polar surface area (TPSA) is 20.3 Å². The highest BCUT2D eigenvalue weighted by molar-refractivity contribution is 5.84. The number of carbonyl (C=O) groups is 1. The monoisotopic (exact) mass is 327 g/mol. The number of carbonyl (C=O) groups excluding carboxylic acids is 1. The van der Waals surface area contributed by atoms with Crippen LogP contribution in [0, 0.1) is 5.82 Å². The van der Waals surface area contributed by atoms with Gasteiger partial charge in [-0.15, -0.1) is 0 Å². The van der Waals surface area contributed by atoms with Gasteiger partial charge in [0.1, 0.15) is 5.82 Å². The van der Waals surface area contributed by atoms with E-state index in [2.05, 4.69) is 0 Å². The van der Waals surface area contributed by atoms with Gasteiger partial charge in [-0.25, -0.2) is 4.39 Å². The molecule has 0 radical (unpaired) electrons. The van der Waals surface area contributed by atoms with Crippen molar-refractivity contribution >= 4 is 5.91 Å². The van der Waals surface area contributed by atoms with Gasteiger partial charge in [0.25, 0.3) is 0 Å². The van der Waals surface area contributed by atoms with Crippen LogP contribution in [0.4, 0.5) is 4.39 Å². The van der Waals surface area contributed by atoms with Crippen LogP contribution in [0.2, 0.25) is 0 Å². The largest absolute Gasteiger partial charge is 0.337 e. The second-order valence-corrected chi connectivity index (χ2v) is 6.76. The molecule has 0 aliphatic rings. The Kier molecular flexibility index (Phi) is 5.76. The Morgan fingerprint density at radius 2 is 1.46 bits per heavy atom. The fraction of sp³-hybridized carbons (Fsp3) is 0.381. The highest BCUT2D eigenvalue weighted by atomic mass is 19.1. The van der Waals surface area contributed by atoms with Crippen LogP contribution in [0.3, 0.4) is 0 Å². The third kappa shape index (κ3) is 3.84. The molecule has 0 bridgehead atoms. The highest BCUT2D eigenvalue weighted by Gasteiger charge is 2.27. The summed E-state index contributed by atoms with van der Waals surface area (Å²) < 4.78 is 14.6. The molecule has 0 N–H and O–H groups in total. The van der Waals surface area contributed by atoms with Gasteiger partial charge < -0.3 is 4.90 Å². The van der Waals surface area contributed by atoms with E-state index in [1.165, 1.54) is 6.07 Å². The number of rotatable bonds is 5. The van der Waals surface area contributed by atoms with Crippen LogP contribution in [-0.2, 0) is 4.79 Å². The molecule has 0 aliphatic carbocycles. The van der Waals surface area contributed by atoms with Crippen molar-refractivity contribution in [1.29, 1.82) is 0 Å². The van der Waals surface area contributed by atoms with Gasteiger partial charge in [-0.2, -0.15) is 0 Å². The molecule has 0 fully saturated rings. The first kappa shape index (κ1) is 18.2. The Bertz CT molecular complexity index is 686. The van der Waals surface area contributed by atoms with Crippen molar-refractivity contribution in [2.45, 2.75) is 52.6 Å². The quantitative estimate of drug-likeness (QED) is 0.735. The number of benzene rings is 2. The summed E-state index contributed by atoms with van der Waals surface area (Å²) in [5.74, 6) is -0.865. The fourth-order valence-electron chi connectivity index (χ4n) is 3.15. The number of hydrogen-bond acceptors (Lipinski definition) is 1. The summed E-state index contributed by atoms with van der Waals surface area (Å²) >= 11 is 0. The minimum Gasteiger partial charge on any atom is -0.337 e. The zero-order valence-electron chi connectivity index (χ0n) is 15.1. The summed E-state index contributed by atoms with van der Waals surface area (Å²) in [5.41, 5.74) is 2.24. The molecular weight excluding hydrogens is 301 g/mol. The Balaban J connectivity index is 2.30. The zero-order valence-corrected chi connectivity index (χ0v) is 15.1. The maximum Gasteiger partial charge on any atom is 0.230 e. The predicted octanol–water partition coefficient (Wildman–Crippen LogP) is 5.24. The van der Waals surface area contributed by atoms with E-state index >= 15 is 0 Å². The molecule has 2 aromatic rings. The van der Waals surface area contributed by atoms with Crippen LogP contribution < -0.4 is 0 Å². The Labute approximate surface area is 144 Å². The van der Waals surface area contributed by atoms with Gasteiger partial charge in [-0.3, -0.25) is 4.79 Å². The Morgan fingerprint density at radius 3 is 1.96 bits per heavy atom. The molecule has 2 nitrogen and oxygen atoms in total. The summed E-state index contributed by atoms with van der Waals surface area (Å²) in [5, 5.41) is 0. The molecule has 0 aromatic heterocycles. The highest BCUT2D eigenvalue weighted by Crippen LogP contribution is 2.27. The molecular formula is C21H26FNO. The van der Waals surface area contributed by atoms with Gasteiger partial charge in [0.05, 0.1) is 5.92 Å². The van der Waals surface area contributed by atoms with Crippen molar-refractivity contribution in [3.8, 4) is 11.1 Å². The smallest absolute Gasteiger partial charge is 0.230 e. The average molecular weight is 327 g/mol. The van der Waals surface area contributed by atoms with Crippen LogP contribution in [0.5, 0.6) is 0 Å². The molecule has 3 heteroatoms. The third-order valence-corrected chi connectivity index (χ3v) is 4.31. The van der Waals surface area contributed by atoms with E-state index in [0.717, 1.165) is 11.1 Å². The summed E-state index contributed by atoms with van der Waals surface area (Å²) in [6.07, 6.45) is 0. The number of halogens is 1. The van der Waals surface area contributed by atoms with Gasteiger partial charge in [-0.05, 0) is 51.8 Å². The normalized spacial score (nSPS) is 12.5. The minimum atomic E-state index is -0.500. The van der Waals surface area contributed by atoms with Crippen molar-refractivity contribution in [3.05, 3.63) is 59.9 Å². The SMILES string of the molecule is CC(C)N(C(=O)[C@H](C)c1ccc(-c2ccccc2)cc1F)C(C)C. The molecule has 0 saturated carbocycles. The lowest BCUT2D eigenvalue weighted by Crippen LogP contribution is -2.44.